The molecule has 3 nitrogen and oxygen atoms in total. The number of benzene rings is 1. The first kappa shape index (κ1) is 15.4. The third-order valence-electron chi connectivity index (χ3n) is 5.13. The summed E-state index contributed by atoms with van der Waals surface area (Å²) in [6, 6.07) is 8.86. The number of amides is 1. The lowest BCUT2D eigenvalue weighted by Crippen LogP contribution is -2.46. The number of ether oxygens (including phenoxy) is 1. The van der Waals surface area contributed by atoms with Crippen molar-refractivity contribution in [1.29, 1.82) is 0 Å². The fraction of sp³-hybridized carbons (Fsp3) is 0.632. The molecule has 1 amide bonds. The van der Waals surface area contributed by atoms with Gasteiger partial charge < -0.3 is 9.64 Å². The van der Waals surface area contributed by atoms with Crippen LogP contribution in [-0.4, -0.2) is 29.7 Å². The van der Waals surface area contributed by atoms with Gasteiger partial charge in [0.25, 0.3) is 0 Å². The largest absolute Gasteiger partial charge is 0.444 e. The van der Waals surface area contributed by atoms with Crippen LogP contribution in [0, 0.1) is 0 Å². The predicted octanol–water partition coefficient (Wildman–Crippen LogP) is 4.46. The van der Waals surface area contributed by atoms with E-state index in [1.165, 1.54) is 17.5 Å². The molecule has 1 saturated heterocycles. The molecule has 1 aliphatic heterocycles. The van der Waals surface area contributed by atoms with Crippen molar-refractivity contribution in [1.82, 2.24) is 4.90 Å². The molecule has 1 aliphatic carbocycles. The van der Waals surface area contributed by atoms with E-state index in [0.29, 0.717) is 5.92 Å². The number of likely N-dealkylation sites (tertiary alicyclic amines) is 1. The first-order chi connectivity index (χ1) is 10.3. The first-order valence-corrected chi connectivity index (χ1v) is 8.38. The van der Waals surface area contributed by atoms with Crippen LogP contribution < -0.4 is 0 Å². The SMILES string of the molecule is CC1CC2(CCN(C(=O)OC(C)(C)C)CC2)c2ccccc21. The van der Waals surface area contributed by atoms with Crippen LogP contribution in [0.15, 0.2) is 24.3 Å². The Morgan fingerprint density at radius 1 is 1.23 bits per heavy atom. The fourth-order valence-corrected chi connectivity index (χ4v) is 4.13. The van der Waals surface area contributed by atoms with E-state index in [4.69, 9.17) is 4.74 Å². The number of rotatable bonds is 0. The Bertz CT molecular complexity index is 565. The quantitative estimate of drug-likeness (QED) is 0.708. The van der Waals surface area contributed by atoms with Crippen molar-refractivity contribution in [3.05, 3.63) is 35.4 Å². The van der Waals surface area contributed by atoms with Crippen molar-refractivity contribution >= 4 is 6.09 Å². The third kappa shape index (κ3) is 2.73. The van der Waals surface area contributed by atoms with Crippen LogP contribution in [0.5, 0.6) is 0 Å². The molecule has 3 heteroatoms. The Hall–Kier alpha value is -1.51. The number of piperidine rings is 1. The van der Waals surface area contributed by atoms with Gasteiger partial charge in [0.05, 0.1) is 0 Å². The van der Waals surface area contributed by atoms with Crippen LogP contribution in [0.1, 0.15) is 64.0 Å². The van der Waals surface area contributed by atoms with Gasteiger partial charge in [-0.05, 0) is 62.5 Å². The van der Waals surface area contributed by atoms with Gasteiger partial charge in [-0.15, -0.1) is 0 Å². The Kier molecular flexibility index (Phi) is 3.70. The standard InChI is InChI=1S/C19H27NO2/c1-14-13-19(16-8-6-5-7-15(14)16)9-11-20(12-10-19)17(21)22-18(2,3)4/h5-8,14H,9-13H2,1-4H3. The fourth-order valence-electron chi connectivity index (χ4n) is 4.13. The van der Waals surface area contributed by atoms with E-state index in [1.54, 1.807) is 0 Å². The minimum absolute atomic E-state index is 0.165. The molecule has 0 saturated carbocycles. The number of carbonyl (C=O) groups excluding carboxylic acids is 1. The maximum Gasteiger partial charge on any atom is 0.410 e. The lowest BCUT2D eigenvalue weighted by molar-refractivity contribution is 0.0162. The molecule has 22 heavy (non-hydrogen) atoms. The van der Waals surface area contributed by atoms with Gasteiger partial charge in [-0.25, -0.2) is 4.79 Å². The van der Waals surface area contributed by atoms with E-state index in [9.17, 15) is 4.79 Å². The molecule has 1 heterocycles. The number of hydrogen-bond acceptors (Lipinski definition) is 2. The van der Waals surface area contributed by atoms with Gasteiger partial charge in [0.15, 0.2) is 0 Å². The van der Waals surface area contributed by atoms with E-state index in [1.807, 2.05) is 25.7 Å². The molecule has 120 valence electrons. The van der Waals surface area contributed by atoms with Crippen molar-refractivity contribution < 1.29 is 9.53 Å². The van der Waals surface area contributed by atoms with Crippen molar-refractivity contribution in [2.75, 3.05) is 13.1 Å². The molecule has 1 unspecified atom stereocenters. The van der Waals surface area contributed by atoms with E-state index in [-0.39, 0.29) is 11.5 Å². The summed E-state index contributed by atoms with van der Waals surface area (Å²) >= 11 is 0. The van der Waals surface area contributed by atoms with Gasteiger partial charge in [-0.3, -0.25) is 0 Å². The van der Waals surface area contributed by atoms with E-state index in [2.05, 4.69) is 31.2 Å². The highest BCUT2D eigenvalue weighted by Crippen LogP contribution is 2.51. The maximum absolute atomic E-state index is 12.2. The Morgan fingerprint density at radius 2 is 1.86 bits per heavy atom. The monoisotopic (exact) mass is 301 g/mol. The molecule has 1 spiro atoms. The summed E-state index contributed by atoms with van der Waals surface area (Å²) in [5, 5.41) is 0. The van der Waals surface area contributed by atoms with Gasteiger partial charge in [0.1, 0.15) is 5.60 Å². The second-order valence-electron chi connectivity index (χ2n) is 7.94. The van der Waals surface area contributed by atoms with Crippen molar-refractivity contribution in [2.24, 2.45) is 0 Å². The second kappa shape index (κ2) is 5.29. The average molecular weight is 301 g/mol. The molecule has 0 radical (unpaired) electrons. The highest BCUT2D eigenvalue weighted by molar-refractivity contribution is 5.68. The number of carbonyl (C=O) groups is 1. The van der Waals surface area contributed by atoms with E-state index < -0.39 is 5.60 Å². The average Bonchev–Trinajstić information content (AvgIpc) is 2.71. The molecule has 1 aromatic rings. The topological polar surface area (TPSA) is 29.5 Å². The number of hydrogen-bond donors (Lipinski definition) is 0. The molecular formula is C19H27NO2. The smallest absolute Gasteiger partial charge is 0.410 e. The van der Waals surface area contributed by atoms with Gasteiger partial charge in [0.2, 0.25) is 0 Å². The number of nitrogens with zero attached hydrogens (tertiary/aromatic N) is 1. The van der Waals surface area contributed by atoms with Crippen molar-refractivity contribution in [3.63, 3.8) is 0 Å². The molecule has 1 aromatic carbocycles. The van der Waals surface area contributed by atoms with Crippen LogP contribution in [-0.2, 0) is 10.2 Å². The summed E-state index contributed by atoms with van der Waals surface area (Å²) in [5.41, 5.74) is 2.88. The van der Waals surface area contributed by atoms with Gasteiger partial charge in [-0.2, -0.15) is 0 Å². The van der Waals surface area contributed by atoms with Crippen molar-refractivity contribution in [3.8, 4) is 0 Å². The van der Waals surface area contributed by atoms with Gasteiger partial charge in [0, 0.05) is 13.1 Å². The van der Waals surface area contributed by atoms with E-state index in [0.717, 1.165) is 25.9 Å². The molecular weight excluding hydrogens is 274 g/mol. The van der Waals surface area contributed by atoms with Crippen LogP contribution in [0.3, 0.4) is 0 Å². The van der Waals surface area contributed by atoms with Crippen LogP contribution in [0.2, 0.25) is 0 Å². The second-order valence-corrected chi connectivity index (χ2v) is 7.94. The summed E-state index contributed by atoms with van der Waals surface area (Å²) in [4.78, 5) is 14.1. The lowest BCUT2D eigenvalue weighted by Gasteiger charge is -2.40. The Balaban J connectivity index is 1.71. The van der Waals surface area contributed by atoms with E-state index >= 15 is 0 Å². The molecule has 2 aliphatic rings. The minimum Gasteiger partial charge on any atom is -0.444 e. The molecule has 1 fully saturated rings. The highest BCUT2D eigenvalue weighted by atomic mass is 16.6. The van der Waals surface area contributed by atoms with Crippen LogP contribution in [0.25, 0.3) is 0 Å². The minimum atomic E-state index is -0.416. The first-order valence-electron chi connectivity index (χ1n) is 8.38. The summed E-state index contributed by atoms with van der Waals surface area (Å²) in [5.74, 6) is 0.629. The van der Waals surface area contributed by atoms with Crippen LogP contribution >= 0.6 is 0 Å². The van der Waals surface area contributed by atoms with Gasteiger partial charge in [-0.1, -0.05) is 31.2 Å². The maximum atomic E-state index is 12.2. The zero-order chi connectivity index (χ0) is 16.0. The summed E-state index contributed by atoms with van der Waals surface area (Å²) in [7, 11) is 0. The predicted molar refractivity (Wildman–Crippen MR) is 88.2 cm³/mol. The van der Waals surface area contributed by atoms with Gasteiger partial charge >= 0.3 is 6.09 Å². The summed E-state index contributed by atoms with van der Waals surface area (Å²) < 4.78 is 5.51. The molecule has 3 rings (SSSR count). The third-order valence-corrected chi connectivity index (χ3v) is 5.13. The Labute approximate surface area is 133 Å². The lowest BCUT2D eigenvalue weighted by atomic mass is 9.73. The zero-order valence-corrected chi connectivity index (χ0v) is 14.2. The van der Waals surface area contributed by atoms with Crippen LogP contribution in [0.4, 0.5) is 4.79 Å². The highest BCUT2D eigenvalue weighted by Gasteiger charge is 2.44. The number of fused-ring (bicyclic) bond motifs is 2. The molecule has 0 N–H and O–H groups in total. The molecule has 1 atom stereocenters. The molecule has 0 bridgehead atoms. The summed E-state index contributed by atoms with van der Waals surface area (Å²) in [6.07, 6.45) is 3.15. The summed E-state index contributed by atoms with van der Waals surface area (Å²) in [6.45, 7) is 9.70. The Morgan fingerprint density at radius 3 is 2.50 bits per heavy atom. The van der Waals surface area contributed by atoms with Crippen molar-refractivity contribution in [2.45, 2.75) is 63.9 Å². The zero-order valence-electron chi connectivity index (χ0n) is 14.2. The normalized spacial score (nSPS) is 23.5. The molecule has 0 aromatic heterocycles.